The molecule has 0 unspecified atom stereocenters. The summed E-state index contributed by atoms with van der Waals surface area (Å²) < 4.78 is 6.98. The molecule has 29 heavy (non-hydrogen) atoms. The van der Waals surface area contributed by atoms with Crippen molar-refractivity contribution >= 4 is 22.6 Å². The van der Waals surface area contributed by atoms with Crippen LogP contribution < -0.4 is 0 Å². The fourth-order valence-electron chi connectivity index (χ4n) is 3.51. The van der Waals surface area contributed by atoms with Gasteiger partial charge < -0.3 is 19.5 Å². The molecule has 3 rings (SSSR count). The number of nitrogens with zero attached hydrogens (tertiary/aromatic N) is 2. The molecule has 152 valence electrons. The Labute approximate surface area is 167 Å². The van der Waals surface area contributed by atoms with Gasteiger partial charge in [-0.3, -0.25) is 10.1 Å². The second-order valence-corrected chi connectivity index (χ2v) is 6.76. The number of ether oxygens (including phenoxy) is 1. The number of rotatable bonds is 6. The second kappa shape index (κ2) is 7.92. The highest BCUT2D eigenvalue weighted by Crippen LogP contribution is 2.35. The van der Waals surface area contributed by atoms with E-state index in [0.29, 0.717) is 33.3 Å². The van der Waals surface area contributed by atoms with Gasteiger partial charge in [0.2, 0.25) is 0 Å². The summed E-state index contributed by atoms with van der Waals surface area (Å²) in [4.78, 5) is 22.9. The highest BCUT2D eigenvalue weighted by atomic mass is 16.6. The highest BCUT2D eigenvalue weighted by molar-refractivity contribution is 6.07. The van der Waals surface area contributed by atoms with E-state index in [0.717, 1.165) is 0 Å². The predicted octanol–water partition coefficient (Wildman–Crippen LogP) is 3.78. The van der Waals surface area contributed by atoms with Crippen molar-refractivity contribution < 1.29 is 24.7 Å². The van der Waals surface area contributed by atoms with Crippen molar-refractivity contribution in [2.75, 3.05) is 6.61 Å². The van der Waals surface area contributed by atoms with Gasteiger partial charge in [0.1, 0.15) is 5.75 Å². The van der Waals surface area contributed by atoms with Crippen LogP contribution in [0.5, 0.6) is 5.75 Å². The zero-order valence-corrected chi connectivity index (χ0v) is 16.4. The number of phenolic OH excluding ortho intramolecular Hbond substituents is 1. The van der Waals surface area contributed by atoms with Crippen LogP contribution in [0.25, 0.3) is 10.9 Å². The summed E-state index contributed by atoms with van der Waals surface area (Å²) in [5.74, 6) is -0.427. The molecule has 1 aromatic heterocycles. The molecule has 2 aromatic carbocycles. The predicted molar refractivity (Wildman–Crippen MR) is 107 cm³/mol. The fourth-order valence-corrected chi connectivity index (χ4v) is 3.51. The summed E-state index contributed by atoms with van der Waals surface area (Å²) in [6, 6.07) is 8.92. The number of nitro benzene ring substituents is 1. The molecule has 0 bridgehead atoms. The van der Waals surface area contributed by atoms with Crippen LogP contribution in [0.1, 0.15) is 40.2 Å². The number of aliphatic hydroxyl groups is 1. The maximum atomic E-state index is 12.6. The van der Waals surface area contributed by atoms with E-state index in [2.05, 4.69) is 0 Å². The first kappa shape index (κ1) is 20.3. The molecule has 0 spiro atoms. The summed E-state index contributed by atoms with van der Waals surface area (Å²) in [6.07, 6.45) is -0.950. The van der Waals surface area contributed by atoms with Gasteiger partial charge in [0, 0.05) is 34.3 Å². The van der Waals surface area contributed by atoms with Crippen LogP contribution in [0, 0.1) is 24.0 Å². The van der Waals surface area contributed by atoms with Gasteiger partial charge in [-0.2, -0.15) is 0 Å². The SMILES string of the molecule is CCOC(=O)c1c(C)n(C[C@H](O)c2ccc([N+](=O)[O-])cc2)c2ccc(O)c(C)c12. The van der Waals surface area contributed by atoms with E-state index in [-0.39, 0.29) is 24.6 Å². The largest absolute Gasteiger partial charge is 0.508 e. The summed E-state index contributed by atoms with van der Waals surface area (Å²) in [6.45, 7) is 5.54. The molecule has 0 aliphatic heterocycles. The van der Waals surface area contributed by atoms with E-state index in [1.54, 1.807) is 37.5 Å². The Balaban J connectivity index is 2.07. The molecule has 8 heteroatoms. The minimum absolute atomic E-state index is 0.0563. The average Bonchev–Trinajstić information content (AvgIpc) is 2.97. The Kier molecular flexibility index (Phi) is 5.56. The van der Waals surface area contributed by atoms with Crippen molar-refractivity contribution in [2.45, 2.75) is 33.4 Å². The third kappa shape index (κ3) is 3.66. The number of aromatic nitrogens is 1. The summed E-state index contributed by atoms with van der Waals surface area (Å²) >= 11 is 0. The number of aromatic hydroxyl groups is 1. The van der Waals surface area contributed by atoms with Crippen molar-refractivity contribution in [1.82, 2.24) is 4.57 Å². The molecule has 0 saturated carbocycles. The van der Waals surface area contributed by atoms with Crippen molar-refractivity contribution in [2.24, 2.45) is 0 Å². The van der Waals surface area contributed by atoms with Crippen LogP contribution >= 0.6 is 0 Å². The van der Waals surface area contributed by atoms with Gasteiger partial charge in [-0.1, -0.05) is 0 Å². The van der Waals surface area contributed by atoms with Crippen LogP contribution in [0.15, 0.2) is 36.4 Å². The van der Waals surface area contributed by atoms with E-state index in [9.17, 15) is 25.1 Å². The Hall–Kier alpha value is -3.39. The second-order valence-electron chi connectivity index (χ2n) is 6.76. The number of fused-ring (bicyclic) bond motifs is 1. The van der Waals surface area contributed by atoms with E-state index in [4.69, 9.17) is 4.74 Å². The Bertz CT molecular complexity index is 1080. The molecule has 0 aliphatic carbocycles. The number of carbonyl (C=O) groups is 1. The topological polar surface area (TPSA) is 115 Å². The van der Waals surface area contributed by atoms with E-state index < -0.39 is 17.0 Å². The Morgan fingerprint density at radius 1 is 1.21 bits per heavy atom. The van der Waals surface area contributed by atoms with Gasteiger partial charge in [-0.25, -0.2) is 4.79 Å². The maximum Gasteiger partial charge on any atom is 0.340 e. The number of hydrogen-bond acceptors (Lipinski definition) is 6. The number of aryl methyl sites for hydroxylation is 1. The van der Waals surface area contributed by atoms with Crippen LogP contribution in [0.4, 0.5) is 5.69 Å². The lowest BCUT2D eigenvalue weighted by atomic mass is 10.1. The lowest BCUT2D eigenvalue weighted by molar-refractivity contribution is -0.384. The van der Waals surface area contributed by atoms with Crippen molar-refractivity contribution in [3.8, 4) is 5.75 Å². The average molecular weight is 398 g/mol. The molecule has 0 saturated heterocycles. The number of non-ortho nitro benzene ring substituents is 1. The zero-order chi connectivity index (χ0) is 21.3. The van der Waals surface area contributed by atoms with E-state index in [1.807, 2.05) is 0 Å². The van der Waals surface area contributed by atoms with Crippen LogP contribution in [0.2, 0.25) is 0 Å². The summed E-state index contributed by atoms with van der Waals surface area (Å²) in [5, 5.41) is 32.2. The minimum atomic E-state index is -0.950. The first-order valence-corrected chi connectivity index (χ1v) is 9.17. The molecule has 0 aliphatic rings. The van der Waals surface area contributed by atoms with Gasteiger partial charge >= 0.3 is 5.97 Å². The summed E-state index contributed by atoms with van der Waals surface area (Å²) in [7, 11) is 0. The monoisotopic (exact) mass is 398 g/mol. The van der Waals surface area contributed by atoms with Gasteiger partial charge in [-0.15, -0.1) is 0 Å². The van der Waals surface area contributed by atoms with Crippen molar-refractivity contribution in [3.05, 3.63) is 68.9 Å². The highest BCUT2D eigenvalue weighted by Gasteiger charge is 2.25. The van der Waals surface area contributed by atoms with Crippen LogP contribution in [0.3, 0.4) is 0 Å². The smallest absolute Gasteiger partial charge is 0.340 e. The van der Waals surface area contributed by atoms with Crippen molar-refractivity contribution in [1.29, 1.82) is 0 Å². The number of phenols is 1. The quantitative estimate of drug-likeness (QED) is 0.371. The number of nitro groups is 1. The van der Waals surface area contributed by atoms with Crippen LogP contribution in [-0.4, -0.2) is 32.3 Å². The fraction of sp³-hybridized carbons (Fsp3) is 0.286. The maximum absolute atomic E-state index is 12.6. The van der Waals surface area contributed by atoms with Gasteiger partial charge in [0.15, 0.2) is 0 Å². The summed E-state index contributed by atoms with van der Waals surface area (Å²) in [5.41, 5.74) is 2.66. The standard InChI is InChI=1S/C21H22N2O6/c1-4-29-21(26)20-13(3)22(16-9-10-17(24)12(2)19(16)20)11-18(25)14-5-7-15(8-6-14)23(27)28/h5-10,18,24-25H,4,11H2,1-3H3/t18-/m0/s1. The third-order valence-electron chi connectivity index (χ3n) is 5.05. The van der Waals surface area contributed by atoms with Gasteiger partial charge in [0.05, 0.1) is 29.7 Å². The molecule has 1 heterocycles. The lowest BCUT2D eigenvalue weighted by Gasteiger charge is -2.15. The molecule has 0 fully saturated rings. The lowest BCUT2D eigenvalue weighted by Crippen LogP contribution is -2.12. The van der Waals surface area contributed by atoms with E-state index in [1.165, 1.54) is 24.3 Å². The van der Waals surface area contributed by atoms with Crippen molar-refractivity contribution in [3.63, 3.8) is 0 Å². The zero-order valence-electron chi connectivity index (χ0n) is 16.4. The minimum Gasteiger partial charge on any atom is -0.508 e. The molecule has 1 atom stereocenters. The van der Waals surface area contributed by atoms with Crippen LogP contribution in [-0.2, 0) is 11.3 Å². The Morgan fingerprint density at radius 2 is 1.86 bits per heavy atom. The number of esters is 1. The van der Waals surface area contributed by atoms with Gasteiger partial charge in [-0.05, 0) is 50.6 Å². The molecule has 0 amide bonds. The number of aliphatic hydroxyl groups excluding tert-OH is 1. The normalized spacial score (nSPS) is 12.1. The molecule has 3 aromatic rings. The Morgan fingerprint density at radius 3 is 2.45 bits per heavy atom. The number of benzene rings is 2. The van der Waals surface area contributed by atoms with E-state index >= 15 is 0 Å². The molecule has 2 N–H and O–H groups in total. The first-order valence-electron chi connectivity index (χ1n) is 9.17. The molecule has 8 nitrogen and oxygen atoms in total. The molecule has 0 radical (unpaired) electrons. The number of hydrogen-bond donors (Lipinski definition) is 2. The third-order valence-corrected chi connectivity index (χ3v) is 5.05. The van der Waals surface area contributed by atoms with Gasteiger partial charge in [0.25, 0.3) is 5.69 Å². The molecular weight excluding hydrogens is 376 g/mol. The first-order chi connectivity index (χ1) is 13.8. The molecular formula is C21H22N2O6. The number of carbonyl (C=O) groups excluding carboxylic acids is 1.